The van der Waals surface area contributed by atoms with E-state index >= 15 is 0 Å². The highest BCUT2D eigenvalue weighted by atomic mass is 79.9. The standard InChI is InChI=1S/C12H15BrN2O4/c1-19-12(18)10(16)5-14-11(17)9-4-7(13)6-15(9)8-2-3-8/h4,6,8,10,16H,2-3,5H2,1H3,(H,14,17). The summed E-state index contributed by atoms with van der Waals surface area (Å²) < 4.78 is 7.11. The molecule has 104 valence electrons. The molecule has 1 aromatic rings. The summed E-state index contributed by atoms with van der Waals surface area (Å²) in [5.74, 6) is -1.08. The largest absolute Gasteiger partial charge is 0.467 e. The number of amides is 1. The Kier molecular flexibility index (Phi) is 4.26. The number of hydrogen-bond donors (Lipinski definition) is 2. The fourth-order valence-corrected chi connectivity index (χ4v) is 2.22. The molecule has 0 saturated heterocycles. The van der Waals surface area contributed by atoms with Gasteiger partial charge in [-0.3, -0.25) is 4.79 Å². The molecule has 19 heavy (non-hydrogen) atoms. The zero-order valence-corrected chi connectivity index (χ0v) is 12.0. The van der Waals surface area contributed by atoms with Gasteiger partial charge in [0.2, 0.25) is 0 Å². The molecule has 1 fully saturated rings. The maximum absolute atomic E-state index is 12.0. The van der Waals surface area contributed by atoms with Crippen molar-refractivity contribution in [1.82, 2.24) is 9.88 Å². The Hall–Kier alpha value is -1.34. The average Bonchev–Trinajstić information content (AvgIpc) is 3.17. The lowest BCUT2D eigenvalue weighted by Crippen LogP contribution is -2.37. The zero-order valence-electron chi connectivity index (χ0n) is 10.4. The highest BCUT2D eigenvalue weighted by Gasteiger charge is 2.28. The van der Waals surface area contributed by atoms with Gasteiger partial charge in [0, 0.05) is 16.7 Å². The third-order valence-electron chi connectivity index (χ3n) is 2.92. The van der Waals surface area contributed by atoms with Crippen molar-refractivity contribution in [3.8, 4) is 0 Å². The van der Waals surface area contributed by atoms with Crippen molar-refractivity contribution in [3.63, 3.8) is 0 Å². The van der Waals surface area contributed by atoms with Gasteiger partial charge in [0.15, 0.2) is 6.10 Å². The Bertz CT molecular complexity index is 496. The van der Waals surface area contributed by atoms with Gasteiger partial charge in [-0.15, -0.1) is 0 Å². The first kappa shape index (κ1) is 14.1. The summed E-state index contributed by atoms with van der Waals surface area (Å²) in [6, 6.07) is 2.09. The molecule has 2 N–H and O–H groups in total. The quantitative estimate of drug-likeness (QED) is 0.784. The number of aromatic nitrogens is 1. The van der Waals surface area contributed by atoms with Crippen LogP contribution in [0.25, 0.3) is 0 Å². The molecule has 0 aromatic carbocycles. The lowest BCUT2D eigenvalue weighted by molar-refractivity contribution is -0.149. The smallest absolute Gasteiger partial charge is 0.336 e. The van der Waals surface area contributed by atoms with Gasteiger partial charge in [-0.2, -0.15) is 0 Å². The topological polar surface area (TPSA) is 80.6 Å². The lowest BCUT2D eigenvalue weighted by Gasteiger charge is -2.11. The van der Waals surface area contributed by atoms with Crippen LogP contribution in [-0.4, -0.2) is 41.3 Å². The van der Waals surface area contributed by atoms with Crippen molar-refractivity contribution in [2.45, 2.75) is 25.0 Å². The van der Waals surface area contributed by atoms with E-state index in [1.807, 2.05) is 10.8 Å². The maximum atomic E-state index is 12.0. The fourth-order valence-electron chi connectivity index (χ4n) is 1.78. The Labute approximate surface area is 118 Å². The van der Waals surface area contributed by atoms with Crippen molar-refractivity contribution in [2.75, 3.05) is 13.7 Å². The van der Waals surface area contributed by atoms with E-state index in [9.17, 15) is 14.7 Å². The van der Waals surface area contributed by atoms with E-state index in [0.717, 1.165) is 17.3 Å². The second-order valence-electron chi connectivity index (χ2n) is 4.43. The molecule has 0 radical (unpaired) electrons. The van der Waals surface area contributed by atoms with Gasteiger partial charge in [0.1, 0.15) is 5.69 Å². The van der Waals surface area contributed by atoms with Gasteiger partial charge >= 0.3 is 5.97 Å². The molecule has 2 rings (SSSR count). The molecule has 1 aromatic heterocycles. The summed E-state index contributed by atoms with van der Waals surface area (Å²) in [4.78, 5) is 23.0. The molecular formula is C12H15BrN2O4. The molecule has 1 heterocycles. The Morgan fingerprint density at radius 1 is 1.63 bits per heavy atom. The normalized spacial score (nSPS) is 15.9. The number of methoxy groups -OCH3 is 1. The molecule has 0 spiro atoms. The van der Waals surface area contributed by atoms with E-state index < -0.39 is 12.1 Å². The zero-order chi connectivity index (χ0) is 14.0. The van der Waals surface area contributed by atoms with Crippen molar-refractivity contribution < 1.29 is 19.4 Å². The molecule has 1 saturated carbocycles. The van der Waals surface area contributed by atoms with Crippen molar-refractivity contribution in [2.24, 2.45) is 0 Å². The highest BCUT2D eigenvalue weighted by molar-refractivity contribution is 9.10. The number of aliphatic hydroxyl groups is 1. The van der Waals surface area contributed by atoms with Gasteiger partial charge in [-0.1, -0.05) is 0 Å². The van der Waals surface area contributed by atoms with E-state index in [0.29, 0.717) is 11.7 Å². The number of halogens is 1. The summed E-state index contributed by atoms with van der Waals surface area (Å²) in [6.45, 7) is -0.168. The first-order valence-corrected chi connectivity index (χ1v) is 6.73. The molecule has 1 aliphatic carbocycles. The molecular weight excluding hydrogens is 316 g/mol. The first-order valence-electron chi connectivity index (χ1n) is 5.94. The number of aliphatic hydroxyl groups excluding tert-OH is 1. The SMILES string of the molecule is COC(=O)C(O)CNC(=O)c1cc(Br)cn1C1CC1. The van der Waals surface area contributed by atoms with E-state index in [-0.39, 0.29) is 12.5 Å². The van der Waals surface area contributed by atoms with Crippen LogP contribution in [0.1, 0.15) is 29.4 Å². The van der Waals surface area contributed by atoms with Crippen LogP contribution in [0, 0.1) is 0 Å². The molecule has 1 unspecified atom stereocenters. The molecule has 1 atom stereocenters. The van der Waals surface area contributed by atoms with E-state index in [4.69, 9.17) is 0 Å². The minimum atomic E-state index is -1.35. The molecule has 6 nitrogen and oxygen atoms in total. The number of nitrogens with one attached hydrogen (secondary N) is 1. The van der Waals surface area contributed by atoms with Crippen LogP contribution in [0.2, 0.25) is 0 Å². The van der Waals surface area contributed by atoms with Gasteiger partial charge in [0.05, 0.1) is 13.7 Å². The number of carbonyl (C=O) groups excluding carboxylic acids is 2. The summed E-state index contributed by atoms with van der Waals surface area (Å²) in [7, 11) is 1.18. The van der Waals surface area contributed by atoms with E-state index in [1.165, 1.54) is 7.11 Å². The van der Waals surface area contributed by atoms with Gasteiger partial charge < -0.3 is 19.7 Å². The van der Waals surface area contributed by atoms with Crippen LogP contribution >= 0.6 is 15.9 Å². The second kappa shape index (κ2) is 5.75. The van der Waals surface area contributed by atoms with Gasteiger partial charge in [0.25, 0.3) is 5.91 Å². The molecule has 1 amide bonds. The predicted octanol–water partition coefficient (Wildman–Crippen LogP) is 0.849. The maximum Gasteiger partial charge on any atom is 0.336 e. The monoisotopic (exact) mass is 330 g/mol. The van der Waals surface area contributed by atoms with E-state index in [2.05, 4.69) is 26.0 Å². The number of rotatable bonds is 5. The predicted molar refractivity (Wildman–Crippen MR) is 70.8 cm³/mol. The number of nitrogens with zero attached hydrogens (tertiary/aromatic N) is 1. The van der Waals surface area contributed by atoms with Crippen molar-refractivity contribution >= 4 is 27.8 Å². The lowest BCUT2D eigenvalue weighted by atomic mass is 10.3. The Morgan fingerprint density at radius 2 is 2.32 bits per heavy atom. The summed E-state index contributed by atoms with van der Waals surface area (Å²) >= 11 is 3.34. The van der Waals surface area contributed by atoms with Gasteiger partial charge in [-0.25, -0.2) is 4.79 Å². The molecule has 1 aliphatic rings. The highest BCUT2D eigenvalue weighted by Crippen LogP contribution is 2.37. The van der Waals surface area contributed by atoms with Crippen LogP contribution in [0.15, 0.2) is 16.7 Å². The third-order valence-corrected chi connectivity index (χ3v) is 3.35. The molecule has 0 aliphatic heterocycles. The van der Waals surface area contributed by atoms with Crippen molar-refractivity contribution in [3.05, 3.63) is 22.4 Å². The van der Waals surface area contributed by atoms with E-state index in [1.54, 1.807) is 6.07 Å². The van der Waals surface area contributed by atoms with Crippen LogP contribution in [-0.2, 0) is 9.53 Å². The molecule has 0 bridgehead atoms. The number of ether oxygens (including phenoxy) is 1. The minimum absolute atomic E-state index is 0.168. The summed E-state index contributed by atoms with van der Waals surface area (Å²) in [6.07, 6.45) is 2.64. The second-order valence-corrected chi connectivity index (χ2v) is 5.35. The van der Waals surface area contributed by atoms with Gasteiger partial charge in [-0.05, 0) is 34.8 Å². The summed E-state index contributed by atoms with van der Waals surface area (Å²) in [5.41, 5.74) is 0.520. The fraction of sp³-hybridized carbons (Fsp3) is 0.500. The number of carbonyl (C=O) groups is 2. The number of hydrogen-bond acceptors (Lipinski definition) is 4. The van der Waals surface area contributed by atoms with Crippen LogP contribution < -0.4 is 5.32 Å². The summed E-state index contributed by atoms with van der Waals surface area (Å²) in [5, 5.41) is 11.9. The Balaban J connectivity index is 1.98. The van der Waals surface area contributed by atoms with Crippen LogP contribution in [0.5, 0.6) is 0 Å². The van der Waals surface area contributed by atoms with Crippen molar-refractivity contribution in [1.29, 1.82) is 0 Å². The first-order chi connectivity index (χ1) is 9.02. The minimum Gasteiger partial charge on any atom is -0.467 e. The average molecular weight is 331 g/mol. The Morgan fingerprint density at radius 3 is 2.89 bits per heavy atom. The molecule has 7 heteroatoms. The number of esters is 1. The third kappa shape index (κ3) is 3.36. The van der Waals surface area contributed by atoms with Crippen LogP contribution in [0.4, 0.5) is 0 Å². The van der Waals surface area contributed by atoms with Crippen LogP contribution in [0.3, 0.4) is 0 Å².